The minimum Gasteiger partial charge on any atom is -0.341 e. The van der Waals surface area contributed by atoms with Gasteiger partial charge in [-0.25, -0.2) is 4.98 Å². The molecule has 2 saturated heterocycles. The number of likely N-dealkylation sites (tertiary alicyclic amines) is 1. The van der Waals surface area contributed by atoms with Crippen LogP contribution in [0.1, 0.15) is 94.5 Å². The normalized spacial score (nSPS) is 25.8. The lowest BCUT2D eigenvalue weighted by Gasteiger charge is -2.32. The van der Waals surface area contributed by atoms with Gasteiger partial charge in [-0.05, 0) is 76.0 Å². The highest BCUT2D eigenvalue weighted by Gasteiger charge is 2.37. The van der Waals surface area contributed by atoms with Gasteiger partial charge in [-0.2, -0.15) is 10.1 Å². The molecule has 6 rings (SSSR count). The summed E-state index contributed by atoms with van der Waals surface area (Å²) in [6.07, 6.45) is 12.1. The monoisotopic (exact) mass is 477 g/mol. The molecule has 4 heterocycles. The standard InChI is InChI=1S/C27H39N7O/c1-27(2)12-11-18(17-27)21-16-23(32-31-21)29-24-19-8-6-9-20(19)28-26(30-24)34-15-7-10-22(34)25(35)33-13-4-3-5-14-33/h16,18,22H,3-15,17H2,1-2H3,(H2,28,29,30,31,32)/t18-,22+/m1/s1. The highest BCUT2D eigenvalue weighted by Crippen LogP contribution is 2.45. The lowest BCUT2D eigenvalue weighted by atomic mass is 9.90. The number of piperidine rings is 1. The summed E-state index contributed by atoms with van der Waals surface area (Å²) in [7, 11) is 0. The molecule has 35 heavy (non-hydrogen) atoms. The topological polar surface area (TPSA) is 90.0 Å². The van der Waals surface area contributed by atoms with Crippen LogP contribution in [-0.2, 0) is 17.6 Å². The van der Waals surface area contributed by atoms with Crippen molar-refractivity contribution in [3.63, 3.8) is 0 Å². The smallest absolute Gasteiger partial charge is 0.245 e. The Hall–Kier alpha value is -2.64. The molecule has 2 N–H and O–H groups in total. The number of rotatable bonds is 5. The Kier molecular flexibility index (Phi) is 5.93. The van der Waals surface area contributed by atoms with E-state index in [9.17, 15) is 4.79 Å². The van der Waals surface area contributed by atoms with E-state index < -0.39 is 0 Å². The Morgan fingerprint density at radius 3 is 2.71 bits per heavy atom. The Morgan fingerprint density at radius 1 is 1.06 bits per heavy atom. The van der Waals surface area contributed by atoms with Crippen molar-refractivity contribution in [1.82, 2.24) is 25.1 Å². The van der Waals surface area contributed by atoms with Crippen molar-refractivity contribution < 1.29 is 4.79 Å². The number of aromatic amines is 1. The summed E-state index contributed by atoms with van der Waals surface area (Å²) < 4.78 is 0. The first-order chi connectivity index (χ1) is 17.0. The number of nitrogens with one attached hydrogen (secondary N) is 2. The molecule has 2 aromatic rings. The molecule has 0 bridgehead atoms. The van der Waals surface area contributed by atoms with E-state index in [1.165, 1.54) is 36.9 Å². The number of hydrogen-bond acceptors (Lipinski definition) is 6. The number of aryl methyl sites for hydroxylation is 1. The molecular formula is C27H39N7O. The third-order valence-corrected chi connectivity index (χ3v) is 8.64. The van der Waals surface area contributed by atoms with Gasteiger partial charge in [-0.3, -0.25) is 9.89 Å². The molecule has 0 unspecified atom stereocenters. The summed E-state index contributed by atoms with van der Waals surface area (Å²) in [5.74, 6) is 3.20. The maximum absolute atomic E-state index is 13.4. The van der Waals surface area contributed by atoms with Crippen LogP contribution >= 0.6 is 0 Å². The molecule has 0 spiro atoms. The molecule has 2 aliphatic carbocycles. The molecule has 1 saturated carbocycles. The number of amides is 1. The van der Waals surface area contributed by atoms with Crippen LogP contribution in [0.3, 0.4) is 0 Å². The fourth-order valence-electron chi connectivity index (χ4n) is 6.67. The maximum atomic E-state index is 13.4. The van der Waals surface area contributed by atoms with E-state index in [0.29, 0.717) is 17.3 Å². The summed E-state index contributed by atoms with van der Waals surface area (Å²) in [4.78, 5) is 27.6. The minimum atomic E-state index is -0.136. The van der Waals surface area contributed by atoms with Gasteiger partial charge in [0.2, 0.25) is 11.9 Å². The quantitative estimate of drug-likeness (QED) is 0.648. The third-order valence-electron chi connectivity index (χ3n) is 8.64. The fraction of sp³-hybridized carbons (Fsp3) is 0.704. The highest BCUT2D eigenvalue weighted by atomic mass is 16.2. The maximum Gasteiger partial charge on any atom is 0.245 e. The fourth-order valence-corrected chi connectivity index (χ4v) is 6.67. The van der Waals surface area contributed by atoms with E-state index in [1.807, 2.05) is 0 Å². The first-order valence-electron chi connectivity index (χ1n) is 13.7. The van der Waals surface area contributed by atoms with Crippen LogP contribution in [0.2, 0.25) is 0 Å². The first kappa shape index (κ1) is 22.8. The number of carbonyl (C=O) groups is 1. The van der Waals surface area contributed by atoms with Crippen molar-refractivity contribution >= 4 is 23.5 Å². The van der Waals surface area contributed by atoms with Crippen molar-refractivity contribution in [3.05, 3.63) is 23.0 Å². The lowest BCUT2D eigenvalue weighted by Crippen LogP contribution is -2.48. The minimum absolute atomic E-state index is 0.136. The van der Waals surface area contributed by atoms with Crippen LogP contribution < -0.4 is 10.2 Å². The van der Waals surface area contributed by atoms with Gasteiger partial charge in [0, 0.05) is 42.9 Å². The number of hydrogen-bond donors (Lipinski definition) is 2. The van der Waals surface area contributed by atoms with Crippen LogP contribution in [0.5, 0.6) is 0 Å². The van der Waals surface area contributed by atoms with E-state index in [4.69, 9.17) is 9.97 Å². The van der Waals surface area contributed by atoms with Gasteiger partial charge in [-0.1, -0.05) is 13.8 Å². The summed E-state index contributed by atoms with van der Waals surface area (Å²) in [5, 5.41) is 11.4. The van der Waals surface area contributed by atoms with Crippen LogP contribution in [0.15, 0.2) is 6.07 Å². The van der Waals surface area contributed by atoms with Crippen molar-refractivity contribution in [2.75, 3.05) is 29.9 Å². The average Bonchev–Trinajstić information content (AvgIpc) is 3.65. The van der Waals surface area contributed by atoms with Crippen molar-refractivity contribution in [2.24, 2.45) is 5.41 Å². The van der Waals surface area contributed by atoms with E-state index >= 15 is 0 Å². The van der Waals surface area contributed by atoms with Crippen LogP contribution in [0.4, 0.5) is 17.6 Å². The van der Waals surface area contributed by atoms with Gasteiger partial charge in [0.05, 0.1) is 5.69 Å². The van der Waals surface area contributed by atoms with Gasteiger partial charge in [0.1, 0.15) is 11.9 Å². The summed E-state index contributed by atoms with van der Waals surface area (Å²) >= 11 is 0. The lowest BCUT2D eigenvalue weighted by molar-refractivity contribution is -0.133. The van der Waals surface area contributed by atoms with Gasteiger partial charge in [0.25, 0.3) is 0 Å². The average molecular weight is 478 g/mol. The Bertz CT molecular complexity index is 1090. The van der Waals surface area contributed by atoms with Crippen molar-refractivity contribution in [3.8, 4) is 0 Å². The number of carbonyl (C=O) groups excluding carboxylic acids is 1. The largest absolute Gasteiger partial charge is 0.341 e. The van der Waals surface area contributed by atoms with E-state index in [1.54, 1.807) is 0 Å². The van der Waals surface area contributed by atoms with Crippen LogP contribution in [0.25, 0.3) is 0 Å². The molecule has 188 valence electrons. The van der Waals surface area contributed by atoms with E-state index in [2.05, 4.69) is 45.2 Å². The zero-order valence-electron chi connectivity index (χ0n) is 21.3. The van der Waals surface area contributed by atoms with Gasteiger partial charge < -0.3 is 15.1 Å². The van der Waals surface area contributed by atoms with Gasteiger partial charge in [0.15, 0.2) is 5.82 Å². The first-order valence-corrected chi connectivity index (χ1v) is 13.7. The molecule has 3 fully saturated rings. The van der Waals surface area contributed by atoms with Crippen LogP contribution in [0, 0.1) is 5.41 Å². The van der Waals surface area contributed by atoms with Crippen LogP contribution in [-0.4, -0.2) is 56.6 Å². The Morgan fingerprint density at radius 2 is 1.91 bits per heavy atom. The SMILES string of the molecule is CC1(C)CC[C@@H](c2cc(Nc3nc(N4CCC[C@H]4C(=O)N4CCCCC4)nc4c3CCC4)n[nH]2)C1. The molecule has 2 aliphatic heterocycles. The predicted octanol–water partition coefficient (Wildman–Crippen LogP) is 4.71. The second kappa shape index (κ2) is 9.10. The molecular weight excluding hydrogens is 438 g/mol. The van der Waals surface area contributed by atoms with Gasteiger partial charge in [-0.15, -0.1) is 0 Å². The van der Waals surface area contributed by atoms with Gasteiger partial charge >= 0.3 is 0 Å². The third kappa shape index (κ3) is 4.52. The summed E-state index contributed by atoms with van der Waals surface area (Å²) in [5.41, 5.74) is 3.96. The zero-order valence-corrected chi connectivity index (χ0v) is 21.3. The molecule has 8 heteroatoms. The van der Waals surface area contributed by atoms with Crippen molar-refractivity contribution in [2.45, 2.75) is 96.4 Å². The molecule has 0 radical (unpaired) electrons. The number of fused-ring (bicyclic) bond motifs is 1. The molecule has 2 aromatic heterocycles. The highest BCUT2D eigenvalue weighted by molar-refractivity contribution is 5.85. The molecule has 8 nitrogen and oxygen atoms in total. The van der Waals surface area contributed by atoms with E-state index in [0.717, 1.165) is 81.9 Å². The number of nitrogens with zero attached hydrogens (tertiary/aromatic N) is 5. The number of H-pyrrole nitrogens is 1. The number of aromatic nitrogens is 4. The molecule has 1 amide bonds. The molecule has 2 atom stereocenters. The summed E-state index contributed by atoms with van der Waals surface area (Å²) in [6.45, 7) is 7.33. The van der Waals surface area contributed by atoms with E-state index in [-0.39, 0.29) is 11.9 Å². The summed E-state index contributed by atoms with van der Waals surface area (Å²) in [6, 6.07) is 2.02. The number of anilines is 3. The predicted molar refractivity (Wildman–Crippen MR) is 137 cm³/mol. The van der Waals surface area contributed by atoms with Crippen molar-refractivity contribution in [1.29, 1.82) is 0 Å². The second-order valence-electron chi connectivity index (χ2n) is 11.8. The zero-order chi connectivity index (χ0) is 24.0. The molecule has 4 aliphatic rings. The molecule has 0 aromatic carbocycles. The Balaban J connectivity index is 1.24. The second-order valence-corrected chi connectivity index (χ2v) is 11.8. The Labute approximate surface area is 208 Å².